The molecular formula is C14H8ClF4N3O4. The van der Waals surface area contributed by atoms with Crippen molar-refractivity contribution in [3.8, 4) is 5.69 Å². The maximum absolute atomic E-state index is 14.2. The SMILES string of the molecule is C=NOC(=O)c1cc(-n2c(=O)cc(C(F)(F)F)n(C)c2=O)c(F)cc1Cl. The molecule has 0 bridgehead atoms. The molecule has 138 valence electrons. The Kier molecular flexibility index (Phi) is 5.03. The van der Waals surface area contributed by atoms with Gasteiger partial charge in [0, 0.05) is 19.8 Å². The maximum atomic E-state index is 14.2. The van der Waals surface area contributed by atoms with Crippen LogP contribution in [0.25, 0.3) is 5.69 Å². The Morgan fingerprint density at radius 3 is 2.42 bits per heavy atom. The zero-order valence-electron chi connectivity index (χ0n) is 12.8. The Bertz CT molecular complexity index is 1030. The summed E-state index contributed by atoms with van der Waals surface area (Å²) in [5.74, 6) is -2.40. The Hall–Kier alpha value is -2.95. The van der Waals surface area contributed by atoms with Crippen molar-refractivity contribution in [1.82, 2.24) is 9.13 Å². The highest BCUT2D eigenvalue weighted by Gasteiger charge is 2.35. The van der Waals surface area contributed by atoms with Crippen LogP contribution in [-0.4, -0.2) is 21.8 Å². The van der Waals surface area contributed by atoms with E-state index in [1.807, 2.05) is 0 Å². The molecule has 1 aromatic carbocycles. The predicted octanol–water partition coefficient (Wildman–Crippen LogP) is 2.12. The molecule has 0 saturated heterocycles. The second kappa shape index (κ2) is 6.75. The number of halogens is 5. The van der Waals surface area contributed by atoms with Crippen LogP contribution >= 0.6 is 11.6 Å². The molecule has 1 aromatic heterocycles. The molecule has 0 saturated carbocycles. The number of nitrogens with zero attached hydrogens (tertiary/aromatic N) is 3. The van der Waals surface area contributed by atoms with E-state index in [-0.39, 0.29) is 15.2 Å². The number of rotatable bonds is 3. The first-order chi connectivity index (χ1) is 12.0. The van der Waals surface area contributed by atoms with Crippen molar-refractivity contribution in [1.29, 1.82) is 0 Å². The van der Waals surface area contributed by atoms with E-state index in [0.29, 0.717) is 12.1 Å². The highest BCUT2D eigenvalue weighted by molar-refractivity contribution is 6.33. The summed E-state index contributed by atoms with van der Waals surface area (Å²) < 4.78 is 53.0. The molecule has 0 fully saturated rings. The van der Waals surface area contributed by atoms with Crippen LogP contribution in [-0.2, 0) is 18.1 Å². The van der Waals surface area contributed by atoms with Crippen LogP contribution < -0.4 is 11.2 Å². The summed E-state index contributed by atoms with van der Waals surface area (Å²) in [6.07, 6.45) is -4.98. The molecule has 0 unspecified atom stereocenters. The van der Waals surface area contributed by atoms with E-state index in [4.69, 9.17) is 11.6 Å². The number of aromatic nitrogens is 2. The van der Waals surface area contributed by atoms with E-state index in [1.54, 1.807) is 0 Å². The van der Waals surface area contributed by atoms with Gasteiger partial charge < -0.3 is 4.84 Å². The van der Waals surface area contributed by atoms with E-state index >= 15 is 0 Å². The Morgan fingerprint density at radius 1 is 1.27 bits per heavy atom. The van der Waals surface area contributed by atoms with Crippen LogP contribution in [0.2, 0.25) is 5.02 Å². The largest absolute Gasteiger partial charge is 0.431 e. The summed E-state index contributed by atoms with van der Waals surface area (Å²) >= 11 is 5.69. The molecule has 0 N–H and O–H groups in total. The minimum Gasteiger partial charge on any atom is -0.313 e. The predicted molar refractivity (Wildman–Crippen MR) is 82.2 cm³/mol. The van der Waals surface area contributed by atoms with Gasteiger partial charge in [-0.3, -0.25) is 9.36 Å². The van der Waals surface area contributed by atoms with Crippen molar-refractivity contribution in [2.24, 2.45) is 12.2 Å². The number of hydrogen-bond acceptors (Lipinski definition) is 5. The molecule has 0 atom stereocenters. The van der Waals surface area contributed by atoms with Crippen LogP contribution in [0.3, 0.4) is 0 Å². The second-order valence-electron chi connectivity index (χ2n) is 4.83. The molecule has 0 radical (unpaired) electrons. The lowest BCUT2D eigenvalue weighted by Gasteiger charge is -2.15. The van der Waals surface area contributed by atoms with Gasteiger partial charge >= 0.3 is 17.8 Å². The third-order valence-corrected chi connectivity index (χ3v) is 3.57. The van der Waals surface area contributed by atoms with Crippen molar-refractivity contribution in [3.05, 3.63) is 61.1 Å². The summed E-state index contributed by atoms with van der Waals surface area (Å²) in [4.78, 5) is 40.1. The molecule has 0 aliphatic rings. The van der Waals surface area contributed by atoms with Crippen molar-refractivity contribution in [2.45, 2.75) is 6.18 Å². The fraction of sp³-hybridized carbons (Fsp3) is 0.143. The molecule has 2 aromatic rings. The van der Waals surface area contributed by atoms with Gasteiger partial charge in [0.05, 0.1) is 16.3 Å². The summed E-state index contributed by atoms with van der Waals surface area (Å²) in [5.41, 5.74) is -5.72. The third kappa shape index (κ3) is 3.38. The molecule has 12 heteroatoms. The van der Waals surface area contributed by atoms with Gasteiger partial charge in [-0.2, -0.15) is 13.2 Å². The van der Waals surface area contributed by atoms with Gasteiger partial charge in [0.2, 0.25) is 0 Å². The Balaban J connectivity index is 2.82. The fourth-order valence-corrected chi connectivity index (χ4v) is 2.32. The molecule has 0 amide bonds. The van der Waals surface area contributed by atoms with Crippen LogP contribution in [0.1, 0.15) is 16.1 Å². The lowest BCUT2D eigenvalue weighted by atomic mass is 10.2. The molecule has 1 heterocycles. The fourth-order valence-electron chi connectivity index (χ4n) is 2.09. The summed E-state index contributed by atoms with van der Waals surface area (Å²) in [5, 5.41) is 2.42. The summed E-state index contributed by atoms with van der Waals surface area (Å²) in [6, 6.07) is 1.40. The van der Waals surface area contributed by atoms with Crippen molar-refractivity contribution in [3.63, 3.8) is 0 Å². The first-order valence-corrected chi connectivity index (χ1v) is 6.94. The molecule has 0 aliphatic heterocycles. The quantitative estimate of drug-likeness (QED) is 0.346. The van der Waals surface area contributed by atoms with Gasteiger partial charge in [-0.15, -0.1) is 0 Å². The number of alkyl halides is 3. The zero-order chi connectivity index (χ0) is 19.8. The average molecular weight is 394 g/mol. The molecule has 0 spiro atoms. The Labute approximate surface area is 146 Å². The van der Waals surface area contributed by atoms with Crippen LogP contribution in [0.4, 0.5) is 17.6 Å². The van der Waals surface area contributed by atoms with Gasteiger partial charge in [0.1, 0.15) is 11.5 Å². The molecule has 7 nitrogen and oxygen atoms in total. The molecule has 26 heavy (non-hydrogen) atoms. The average Bonchev–Trinajstić information content (AvgIpc) is 2.52. The van der Waals surface area contributed by atoms with E-state index < -0.39 is 51.2 Å². The number of benzene rings is 1. The van der Waals surface area contributed by atoms with Gasteiger partial charge in [-0.25, -0.2) is 18.5 Å². The van der Waals surface area contributed by atoms with E-state index in [0.717, 1.165) is 7.05 Å². The zero-order valence-corrected chi connectivity index (χ0v) is 13.6. The highest BCUT2D eigenvalue weighted by atomic mass is 35.5. The summed E-state index contributed by atoms with van der Waals surface area (Å²) in [6.45, 7) is 2.90. The second-order valence-corrected chi connectivity index (χ2v) is 5.24. The number of hydrogen-bond donors (Lipinski definition) is 0. The number of carbonyl (C=O) groups is 1. The molecule has 2 rings (SSSR count). The van der Waals surface area contributed by atoms with Crippen LogP contribution in [0, 0.1) is 5.82 Å². The Morgan fingerprint density at radius 2 is 1.88 bits per heavy atom. The minimum absolute atomic E-state index is 0.124. The van der Waals surface area contributed by atoms with Crippen molar-refractivity contribution in [2.75, 3.05) is 0 Å². The van der Waals surface area contributed by atoms with Gasteiger partial charge in [0.25, 0.3) is 5.56 Å². The van der Waals surface area contributed by atoms with Gasteiger partial charge in [0.15, 0.2) is 0 Å². The minimum atomic E-state index is -4.98. The van der Waals surface area contributed by atoms with Crippen LogP contribution in [0.15, 0.2) is 32.9 Å². The lowest BCUT2D eigenvalue weighted by molar-refractivity contribution is -0.144. The number of carbonyl (C=O) groups excluding carboxylic acids is 1. The van der Waals surface area contributed by atoms with Gasteiger partial charge in [-0.05, 0) is 12.1 Å². The van der Waals surface area contributed by atoms with Gasteiger partial charge in [-0.1, -0.05) is 16.8 Å². The third-order valence-electron chi connectivity index (χ3n) is 3.26. The monoisotopic (exact) mass is 393 g/mol. The molecule has 0 aliphatic carbocycles. The van der Waals surface area contributed by atoms with Crippen molar-refractivity contribution >= 4 is 24.3 Å². The first kappa shape index (κ1) is 19.4. The number of oxime groups is 1. The normalized spacial score (nSPS) is 11.3. The maximum Gasteiger partial charge on any atom is 0.431 e. The standard InChI is InChI=1S/C14H8ClF4N3O4/c1-20-26-12(24)6-3-9(8(16)4-7(6)15)22-11(23)5-10(14(17,18)19)21(2)13(22)25/h3-5H,1H2,2H3. The highest BCUT2D eigenvalue weighted by Crippen LogP contribution is 2.27. The van der Waals surface area contributed by atoms with E-state index in [2.05, 4.69) is 16.7 Å². The van der Waals surface area contributed by atoms with Crippen LogP contribution in [0.5, 0.6) is 0 Å². The van der Waals surface area contributed by atoms with E-state index in [9.17, 15) is 31.9 Å². The molecular weight excluding hydrogens is 386 g/mol. The van der Waals surface area contributed by atoms with Crippen molar-refractivity contribution < 1.29 is 27.2 Å². The summed E-state index contributed by atoms with van der Waals surface area (Å²) in [7, 11) is 0.756. The smallest absolute Gasteiger partial charge is 0.313 e. The topological polar surface area (TPSA) is 82.7 Å². The lowest BCUT2D eigenvalue weighted by Crippen LogP contribution is -2.41. The van der Waals surface area contributed by atoms with E-state index in [1.165, 1.54) is 0 Å². The first-order valence-electron chi connectivity index (χ1n) is 6.56.